The van der Waals surface area contributed by atoms with Crippen LogP contribution in [0.25, 0.3) is 0 Å². The predicted octanol–water partition coefficient (Wildman–Crippen LogP) is 1.49. The summed E-state index contributed by atoms with van der Waals surface area (Å²) in [5.74, 6) is -1.000. The van der Waals surface area contributed by atoms with Crippen LogP contribution in [-0.4, -0.2) is 26.6 Å². The zero-order chi connectivity index (χ0) is 11.3. The summed E-state index contributed by atoms with van der Waals surface area (Å²) < 4.78 is 1.13. The molecule has 1 atom stereocenters. The second kappa shape index (κ2) is 5.69. The average molecular weight is 319 g/mol. The van der Waals surface area contributed by atoms with E-state index >= 15 is 0 Å². The van der Waals surface area contributed by atoms with Crippen LogP contribution in [0.15, 0.2) is 30.3 Å². The molecule has 0 spiro atoms. The fourth-order valence-corrected chi connectivity index (χ4v) is 1.63. The van der Waals surface area contributed by atoms with Crippen molar-refractivity contribution in [2.45, 2.75) is 12.5 Å². The Balaban J connectivity index is 2.76. The largest absolute Gasteiger partial charge is 0.480 e. The van der Waals surface area contributed by atoms with E-state index in [9.17, 15) is 9.59 Å². The van der Waals surface area contributed by atoms with Gasteiger partial charge in [-0.05, 0) is 5.56 Å². The number of carboxylic acids is 1. The Morgan fingerprint density at radius 3 is 2.53 bits per heavy atom. The molecule has 1 unspecified atom stereocenters. The number of benzene rings is 1. The third-order valence-electron chi connectivity index (χ3n) is 1.96. The lowest BCUT2D eigenvalue weighted by atomic mass is 10.1. The Labute approximate surface area is 101 Å². The van der Waals surface area contributed by atoms with Crippen molar-refractivity contribution in [1.82, 2.24) is 3.11 Å². The molecule has 0 bridgehead atoms. The van der Waals surface area contributed by atoms with Crippen molar-refractivity contribution >= 4 is 35.2 Å². The third kappa shape index (κ3) is 3.50. The molecule has 0 heterocycles. The summed E-state index contributed by atoms with van der Waals surface area (Å²) in [7, 11) is 0. The van der Waals surface area contributed by atoms with Crippen molar-refractivity contribution in [2.24, 2.45) is 0 Å². The SMILES string of the molecule is O=CN(I)C(Cc1ccccc1)C(=O)O. The molecule has 0 aliphatic heterocycles. The molecule has 0 aromatic heterocycles. The van der Waals surface area contributed by atoms with E-state index in [2.05, 4.69) is 0 Å². The number of rotatable bonds is 5. The predicted molar refractivity (Wildman–Crippen MR) is 63.5 cm³/mol. The zero-order valence-corrected chi connectivity index (χ0v) is 9.99. The minimum Gasteiger partial charge on any atom is -0.480 e. The Hall–Kier alpha value is -1.11. The highest BCUT2D eigenvalue weighted by atomic mass is 127. The van der Waals surface area contributed by atoms with Gasteiger partial charge in [0.15, 0.2) is 0 Å². The van der Waals surface area contributed by atoms with Crippen LogP contribution in [0.4, 0.5) is 0 Å². The molecule has 1 amide bonds. The van der Waals surface area contributed by atoms with Gasteiger partial charge in [0, 0.05) is 6.42 Å². The number of nitrogens with zero attached hydrogens (tertiary/aromatic N) is 1. The van der Waals surface area contributed by atoms with Crippen LogP contribution in [-0.2, 0) is 16.0 Å². The van der Waals surface area contributed by atoms with Crippen molar-refractivity contribution in [3.63, 3.8) is 0 Å². The molecule has 0 saturated carbocycles. The Kier molecular flexibility index (Phi) is 4.54. The topological polar surface area (TPSA) is 57.6 Å². The van der Waals surface area contributed by atoms with Crippen LogP contribution >= 0.6 is 22.9 Å². The molecule has 4 nitrogen and oxygen atoms in total. The molecule has 0 fully saturated rings. The molecule has 1 rings (SSSR count). The van der Waals surface area contributed by atoms with Crippen LogP contribution in [0.3, 0.4) is 0 Å². The summed E-state index contributed by atoms with van der Waals surface area (Å²) in [6, 6.07) is 8.40. The fourth-order valence-electron chi connectivity index (χ4n) is 1.19. The Morgan fingerprint density at radius 1 is 1.47 bits per heavy atom. The molecule has 80 valence electrons. The van der Waals surface area contributed by atoms with E-state index in [1.165, 1.54) is 0 Å². The van der Waals surface area contributed by atoms with Gasteiger partial charge in [0.1, 0.15) is 6.04 Å². The number of hydrogen-bond donors (Lipinski definition) is 1. The van der Waals surface area contributed by atoms with Crippen molar-refractivity contribution < 1.29 is 14.7 Å². The molecule has 15 heavy (non-hydrogen) atoms. The van der Waals surface area contributed by atoms with E-state index in [4.69, 9.17) is 5.11 Å². The van der Waals surface area contributed by atoms with E-state index in [0.29, 0.717) is 12.8 Å². The molecule has 0 radical (unpaired) electrons. The lowest BCUT2D eigenvalue weighted by Gasteiger charge is -2.17. The summed E-state index contributed by atoms with van der Waals surface area (Å²) >= 11 is 1.69. The van der Waals surface area contributed by atoms with Crippen molar-refractivity contribution in [3.05, 3.63) is 35.9 Å². The van der Waals surface area contributed by atoms with Crippen molar-refractivity contribution in [1.29, 1.82) is 0 Å². The minimum absolute atomic E-state index is 0.317. The highest BCUT2D eigenvalue weighted by Gasteiger charge is 2.22. The van der Waals surface area contributed by atoms with Crippen LogP contribution in [0, 0.1) is 0 Å². The number of aliphatic carboxylic acids is 1. The summed E-state index contributed by atoms with van der Waals surface area (Å²) in [6.45, 7) is 0. The quantitative estimate of drug-likeness (QED) is 0.508. The number of hydrogen-bond acceptors (Lipinski definition) is 2. The summed E-state index contributed by atoms with van der Waals surface area (Å²) in [4.78, 5) is 21.4. The molecular weight excluding hydrogens is 309 g/mol. The highest BCUT2D eigenvalue weighted by Crippen LogP contribution is 2.11. The summed E-state index contributed by atoms with van der Waals surface area (Å²) in [5.41, 5.74) is 0.897. The van der Waals surface area contributed by atoms with Gasteiger partial charge >= 0.3 is 5.97 Å². The molecule has 1 N–H and O–H groups in total. The number of carboxylic acid groups (broad SMARTS) is 1. The molecule has 1 aromatic rings. The van der Waals surface area contributed by atoms with Crippen LogP contribution in [0.2, 0.25) is 0 Å². The van der Waals surface area contributed by atoms with Crippen LogP contribution in [0.5, 0.6) is 0 Å². The van der Waals surface area contributed by atoms with Gasteiger partial charge in [-0.25, -0.2) is 4.79 Å². The highest BCUT2D eigenvalue weighted by molar-refractivity contribution is 14.1. The number of carbonyl (C=O) groups excluding carboxylic acids is 1. The lowest BCUT2D eigenvalue weighted by molar-refractivity contribution is -0.142. The second-order valence-electron chi connectivity index (χ2n) is 2.99. The van der Waals surface area contributed by atoms with Crippen LogP contribution in [0.1, 0.15) is 5.56 Å². The summed E-state index contributed by atoms with van der Waals surface area (Å²) in [6.07, 6.45) is 0.833. The first-order chi connectivity index (χ1) is 7.15. The molecule has 0 aliphatic carbocycles. The van der Waals surface area contributed by atoms with Gasteiger partial charge in [-0.2, -0.15) is 0 Å². The van der Waals surface area contributed by atoms with Gasteiger partial charge in [-0.15, -0.1) is 0 Å². The molecule has 1 aromatic carbocycles. The van der Waals surface area contributed by atoms with Gasteiger partial charge in [0.05, 0.1) is 22.9 Å². The molecule has 5 heteroatoms. The maximum absolute atomic E-state index is 10.9. The summed E-state index contributed by atoms with van der Waals surface area (Å²) in [5, 5.41) is 8.93. The van der Waals surface area contributed by atoms with Gasteiger partial charge in [0.2, 0.25) is 6.41 Å². The Morgan fingerprint density at radius 2 is 2.07 bits per heavy atom. The number of carbonyl (C=O) groups is 2. The van der Waals surface area contributed by atoms with Crippen molar-refractivity contribution in [2.75, 3.05) is 0 Å². The van der Waals surface area contributed by atoms with Gasteiger partial charge < -0.3 is 5.11 Å². The third-order valence-corrected chi connectivity index (χ3v) is 2.86. The first kappa shape index (κ1) is 12.0. The normalized spacial score (nSPS) is 11.8. The van der Waals surface area contributed by atoms with E-state index in [0.717, 1.165) is 8.68 Å². The second-order valence-corrected chi connectivity index (χ2v) is 4.11. The standard InChI is InChI=1S/C10H10INO3/c11-12(7-13)9(10(14)15)6-8-4-2-1-3-5-8/h1-5,7,9H,6H2,(H,14,15). The van der Waals surface area contributed by atoms with E-state index in [1.807, 2.05) is 30.3 Å². The van der Waals surface area contributed by atoms with Crippen LogP contribution < -0.4 is 0 Å². The van der Waals surface area contributed by atoms with E-state index < -0.39 is 12.0 Å². The number of halogens is 1. The average Bonchev–Trinajstić information content (AvgIpc) is 2.26. The fraction of sp³-hybridized carbons (Fsp3) is 0.200. The Bertz CT molecular complexity index is 342. The smallest absolute Gasteiger partial charge is 0.327 e. The van der Waals surface area contributed by atoms with Gasteiger partial charge in [0.25, 0.3) is 0 Å². The first-order valence-corrected chi connectivity index (χ1v) is 5.27. The zero-order valence-electron chi connectivity index (χ0n) is 7.84. The number of amides is 1. The maximum atomic E-state index is 10.9. The van der Waals surface area contributed by atoms with Gasteiger partial charge in [-0.1, -0.05) is 30.3 Å². The molecular formula is C10H10INO3. The van der Waals surface area contributed by atoms with E-state index in [1.54, 1.807) is 22.9 Å². The molecule has 0 aliphatic rings. The monoisotopic (exact) mass is 319 g/mol. The lowest BCUT2D eigenvalue weighted by Crippen LogP contribution is -2.35. The van der Waals surface area contributed by atoms with Gasteiger partial charge in [-0.3, -0.25) is 7.91 Å². The molecule has 0 saturated heterocycles. The maximum Gasteiger partial charge on any atom is 0.327 e. The first-order valence-electron chi connectivity index (χ1n) is 4.31. The van der Waals surface area contributed by atoms with E-state index in [-0.39, 0.29) is 0 Å². The van der Waals surface area contributed by atoms with Crippen molar-refractivity contribution in [3.8, 4) is 0 Å². The minimum atomic E-state index is -1.000.